The molecule has 0 bridgehead atoms. The van der Waals surface area contributed by atoms with Gasteiger partial charge in [-0.1, -0.05) is 57.2 Å². The highest BCUT2D eigenvalue weighted by Crippen LogP contribution is 2.46. The predicted molar refractivity (Wildman–Crippen MR) is 220 cm³/mol. The van der Waals surface area contributed by atoms with Crippen LogP contribution >= 0.6 is 0 Å². The Morgan fingerprint density at radius 3 is 2.36 bits per heavy atom. The molecule has 4 aliphatic rings. The first-order valence-corrected chi connectivity index (χ1v) is 21.9. The van der Waals surface area contributed by atoms with Crippen LogP contribution in [-0.4, -0.2) is 91.0 Å². The van der Waals surface area contributed by atoms with E-state index < -0.39 is 61.5 Å². The molecule has 310 valence electrons. The zero-order chi connectivity index (χ0) is 41.6. The van der Waals surface area contributed by atoms with E-state index >= 15 is 4.79 Å². The number of nitrogens with zero attached hydrogens (tertiary/aromatic N) is 2. The summed E-state index contributed by atoms with van der Waals surface area (Å²) in [5.74, 6) is -2.06. The maximum absolute atomic E-state index is 15.4. The lowest BCUT2D eigenvalue weighted by atomic mass is 9.71. The number of rotatable bonds is 14. The van der Waals surface area contributed by atoms with Crippen molar-refractivity contribution in [2.24, 2.45) is 17.3 Å². The molecule has 3 N–H and O–H groups in total. The van der Waals surface area contributed by atoms with Gasteiger partial charge in [-0.05, 0) is 63.0 Å². The standard InChI is InChI=1S/C44H55N5O8S/c1-7-29-24-44(29,41(53)48-58(54,55)30-16-17-30)47-40(52)34-25-43(26-45-34,39(51)32(42(3,4)5)22-37(50)49-20-12-9-13-21-49)57-36-23-33(28-14-10-8-11-15-28)46-38-27(2)35(56-6)19-18-31(36)38/h7-8,10-11,14-15,18-19,23,29-30,32,34,45H,1,9,12-13,16-17,20-22,24-26H2,2-6H3,(H,47,52)(H,48,53)/t29-,32-,34+,43-,44?/m1/s1. The first-order chi connectivity index (χ1) is 27.5. The lowest BCUT2D eigenvalue weighted by Crippen LogP contribution is -2.56. The number of hydrogen-bond acceptors (Lipinski definition) is 10. The van der Waals surface area contributed by atoms with Gasteiger partial charge in [-0.25, -0.2) is 13.4 Å². The Labute approximate surface area is 340 Å². The molecule has 0 radical (unpaired) electrons. The van der Waals surface area contributed by atoms with Crippen LogP contribution in [0.2, 0.25) is 0 Å². The van der Waals surface area contributed by atoms with Gasteiger partial charge in [0.05, 0.1) is 29.6 Å². The molecule has 1 unspecified atom stereocenters. The summed E-state index contributed by atoms with van der Waals surface area (Å²) in [5, 5.41) is 6.08. The number of benzene rings is 2. The third kappa shape index (κ3) is 8.09. The summed E-state index contributed by atoms with van der Waals surface area (Å²) in [4.78, 5) is 64.0. The molecular weight excluding hydrogens is 759 g/mol. The molecule has 2 aliphatic carbocycles. The highest BCUT2D eigenvalue weighted by molar-refractivity contribution is 7.91. The first-order valence-electron chi connectivity index (χ1n) is 20.3. The third-order valence-electron chi connectivity index (χ3n) is 12.4. The normalized spacial score (nSPS) is 25.1. The molecular formula is C44H55N5O8S. The number of aryl methyl sites for hydroxylation is 1. The fourth-order valence-electron chi connectivity index (χ4n) is 8.50. The molecule has 7 rings (SSSR count). The maximum Gasteiger partial charge on any atom is 0.259 e. The minimum Gasteiger partial charge on any atom is -0.496 e. The average Bonchev–Trinajstić information content (AvgIpc) is 4.14. The second kappa shape index (κ2) is 15.7. The molecule has 5 atom stereocenters. The van der Waals surface area contributed by atoms with Gasteiger partial charge in [0, 0.05) is 66.9 Å². The van der Waals surface area contributed by atoms with Crippen LogP contribution in [0, 0.1) is 24.2 Å². The predicted octanol–water partition coefficient (Wildman–Crippen LogP) is 5.00. The first kappa shape index (κ1) is 41.3. The van der Waals surface area contributed by atoms with Gasteiger partial charge in [0.15, 0.2) is 11.4 Å². The Bertz CT molecular complexity index is 2230. The second-order valence-electron chi connectivity index (χ2n) is 17.5. The number of fused-ring (bicyclic) bond motifs is 1. The molecule has 3 aromatic rings. The summed E-state index contributed by atoms with van der Waals surface area (Å²) in [6.07, 6.45) is 5.39. The molecule has 14 heteroatoms. The Morgan fingerprint density at radius 1 is 1.03 bits per heavy atom. The monoisotopic (exact) mass is 813 g/mol. The van der Waals surface area contributed by atoms with Gasteiger partial charge in [0.1, 0.15) is 17.0 Å². The Hall–Kier alpha value is -4.82. The van der Waals surface area contributed by atoms with Gasteiger partial charge in [0.2, 0.25) is 21.8 Å². The Kier molecular flexibility index (Phi) is 11.2. The number of likely N-dealkylation sites (tertiary alicyclic amines) is 1. The lowest BCUT2D eigenvalue weighted by molar-refractivity contribution is -0.146. The summed E-state index contributed by atoms with van der Waals surface area (Å²) < 4.78 is 40.4. The van der Waals surface area contributed by atoms with E-state index in [1.807, 2.05) is 75.1 Å². The van der Waals surface area contributed by atoms with E-state index in [1.54, 1.807) is 13.2 Å². The average molecular weight is 814 g/mol. The van der Waals surface area contributed by atoms with Crippen LogP contribution in [0.3, 0.4) is 0 Å². The van der Waals surface area contributed by atoms with E-state index in [-0.39, 0.29) is 37.5 Å². The number of methoxy groups -OCH3 is 1. The van der Waals surface area contributed by atoms with Crippen molar-refractivity contribution in [2.75, 3.05) is 26.7 Å². The van der Waals surface area contributed by atoms with Gasteiger partial charge in [-0.3, -0.25) is 23.9 Å². The molecule has 2 saturated heterocycles. The van der Waals surface area contributed by atoms with Crippen LogP contribution in [-0.2, 0) is 29.2 Å². The zero-order valence-corrected chi connectivity index (χ0v) is 34.9. The van der Waals surface area contributed by atoms with Crippen molar-refractivity contribution in [3.05, 3.63) is 66.7 Å². The lowest BCUT2D eigenvalue weighted by Gasteiger charge is -2.38. The Morgan fingerprint density at radius 2 is 1.74 bits per heavy atom. The maximum atomic E-state index is 15.4. The number of aromatic nitrogens is 1. The topological polar surface area (TPSA) is 173 Å². The van der Waals surface area contributed by atoms with Gasteiger partial charge >= 0.3 is 0 Å². The number of hydrogen-bond donors (Lipinski definition) is 3. The second-order valence-corrected chi connectivity index (χ2v) is 19.5. The van der Waals surface area contributed by atoms with E-state index in [1.165, 1.54) is 6.08 Å². The molecule has 2 saturated carbocycles. The van der Waals surface area contributed by atoms with Crippen LogP contribution in [0.15, 0.2) is 61.2 Å². The fraction of sp³-hybridized carbons (Fsp3) is 0.523. The minimum absolute atomic E-state index is 0.0211. The fourth-order valence-corrected chi connectivity index (χ4v) is 9.86. The number of ketones is 1. The molecule has 0 spiro atoms. The van der Waals surface area contributed by atoms with Crippen LogP contribution < -0.4 is 24.8 Å². The van der Waals surface area contributed by atoms with Crippen molar-refractivity contribution in [3.8, 4) is 22.8 Å². The number of piperidine rings is 1. The number of pyridine rings is 1. The highest BCUT2D eigenvalue weighted by atomic mass is 32.2. The van der Waals surface area contributed by atoms with E-state index in [9.17, 15) is 22.8 Å². The summed E-state index contributed by atoms with van der Waals surface area (Å²) in [7, 11) is -2.29. The van der Waals surface area contributed by atoms with Crippen molar-refractivity contribution in [1.29, 1.82) is 0 Å². The molecule has 2 aromatic carbocycles. The molecule has 1 aromatic heterocycles. The SMILES string of the molecule is C=C[C@@H]1CC1(NC(=O)[C@@H]1C[C@](Oc2cc(-c3ccccc3)nc3c(C)c(OC)ccc23)(C(=O)[C@@H](CC(=O)N2CCCCC2)C(C)(C)C)CN1)C(=O)NS(=O)(=O)C1CC1. The van der Waals surface area contributed by atoms with Gasteiger partial charge < -0.3 is 25.0 Å². The van der Waals surface area contributed by atoms with Gasteiger partial charge in [-0.2, -0.15) is 0 Å². The Balaban J connectivity index is 1.27. The zero-order valence-electron chi connectivity index (χ0n) is 34.1. The summed E-state index contributed by atoms with van der Waals surface area (Å²) in [6, 6.07) is 14.0. The van der Waals surface area contributed by atoms with Crippen LogP contribution in [0.4, 0.5) is 0 Å². The van der Waals surface area contributed by atoms with Crippen molar-refractivity contribution >= 4 is 44.4 Å². The molecule has 3 amide bonds. The van der Waals surface area contributed by atoms with Gasteiger partial charge in [0.25, 0.3) is 5.91 Å². The summed E-state index contributed by atoms with van der Waals surface area (Å²) in [6.45, 7) is 12.7. The minimum atomic E-state index is -3.88. The summed E-state index contributed by atoms with van der Waals surface area (Å²) >= 11 is 0. The number of carbonyl (C=O) groups excluding carboxylic acids is 4. The number of ether oxygens (including phenoxy) is 2. The number of amides is 3. The number of carbonyl (C=O) groups is 4. The van der Waals surface area contributed by atoms with Crippen molar-refractivity contribution in [1.82, 2.24) is 25.2 Å². The molecule has 3 heterocycles. The van der Waals surface area contributed by atoms with E-state index in [4.69, 9.17) is 14.5 Å². The smallest absolute Gasteiger partial charge is 0.259 e. The quantitative estimate of drug-likeness (QED) is 0.188. The van der Waals surface area contributed by atoms with Crippen molar-refractivity contribution in [3.63, 3.8) is 0 Å². The van der Waals surface area contributed by atoms with Crippen molar-refractivity contribution in [2.45, 2.75) is 101 Å². The van der Waals surface area contributed by atoms with E-state index in [2.05, 4.69) is 21.9 Å². The molecule has 13 nitrogen and oxygen atoms in total. The third-order valence-corrected chi connectivity index (χ3v) is 14.2. The van der Waals surface area contributed by atoms with Crippen LogP contribution in [0.25, 0.3) is 22.2 Å². The molecule has 4 fully saturated rings. The largest absolute Gasteiger partial charge is 0.496 e. The van der Waals surface area contributed by atoms with Crippen LogP contribution in [0.1, 0.15) is 77.7 Å². The van der Waals surface area contributed by atoms with Gasteiger partial charge in [-0.15, -0.1) is 6.58 Å². The number of sulfonamides is 1. The molecule has 58 heavy (non-hydrogen) atoms. The van der Waals surface area contributed by atoms with Crippen molar-refractivity contribution < 1.29 is 37.1 Å². The van der Waals surface area contributed by atoms with Crippen LogP contribution in [0.5, 0.6) is 11.5 Å². The molecule has 2 aliphatic heterocycles. The number of nitrogens with one attached hydrogen (secondary N) is 3. The summed E-state index contributed by atoms with van der Waals surface area (Å²) in [5.41, 5.74) is -0.998. The van der Waals surface area contributed by atoms with E-state index in [0.717, 1.165) is 30.4 Å². The highest BCUT2D eigenvalue weighted by Gasteiger charge is 2.62. The number of Topliss-reactive ketones (excluding diaryl/α,β-unsaturated/α-hetero) is 1. The van der Waals surface area contributed by atoms with E-state index in [0.29, 0.717) is 54.0 Å².